The Morgan fingerprint density at radius 1 is 0.800 bits per heavy atom. The van der Waals surface area contributed by atoms with E-state index in [4.69, 9.17) is 5.26 Å². The van der Waals surface area contributed by atoms with E-state index in [-0.39, 0.29) is 11.9 Å². The molecule has 0 heterocycles. The molecule has 0 aromatic heterocycles. The Bertz CT molecular complexity index is 1030. The lowest BCUT2D eigenvalue weighted by molar-refractivity contribution is -0.121. The average Bonchev–Trinajstić information content (AvgIpc) is 2.89. The molecule has 3 aromatic carbocycles. The van der Waals surface area contributed by atoms with Crippen LogP contribution in [-0.4, -0.2) is 17.7 Å². The van der Waals surface area contributed by atoms with Crippen LogP contribution in [0.5, 0.6) is 0 Å². The van der Waals surface area contributed by atoms with Gasteiger partial charge in [-0.15, -0.1) is 11.8 Å². The molecule has 3 aromatic rings. The number of rotatable bonds is 15. The molecule has 0 fully saturated rings. The van der Waals surface area contributed by atoms with Gasteiger partial charge in [-0.3, -0.25) is 4.79 Å². The molecule has 0 spiro atoms. The maximum atomic E-state index is 12.5. The molecule has 0 saturated carbocycles. The van der Waals surface area contributed by atoms with Crippen molar-refractivity contribution >= 4 is 17.7 Å². The number of amides is 1. The van der Waals surface area contributed by atoms with E-state index in [2.05, 4.69) is 84.2 Å². The van der Waals surface area contributed by atoms with Crippen LogP contribution in [0.3, 0.4) is 0 Å². The maximum Gasteiger partial charge on any atom is 0.220 e. The van der Waals surface area contributed by atoms with Gasteiger partial charge in [0.25, 0.3) is 0 Å². The lowest BCUT2D eigenvalue weighted by Crippen LogP contribution is -2.36. The maximum absolute atomic E-state index is 12.5. The second-order valence-electron chi connectivity index (χ2n) is 8.98. The van der Waals surface area contributed by atoms with Crippen LogP contribution in [0, 0.1) is 11.3 Å². The Morgan fingerprint density at radius 2 is 1.43 bits per heavy atom. The highest BCUT2D eigenvalue weighted by Crippen LogP contribution is 2.22. The Labute approximate surface area is 215 Å². The quantitative estimate of drug-likeness (QED) is 0.181. The number of nitrogens with one attached hydrogen (secondary N) is 1. The first-order valence-electron chi connectivity index (χ1n) is 12.7. The fourth-order valence-corrected chi connectivity index (χ4v) is 5.05. The van der Waals surface area contributed by atoms with Gasteiger partial charge < -0.3 is 5.32 Å². The van der Waals surface area contributed by atoms with Gasteiger partial charge >= 0.3 is 0 Å². The number of nitrogens with zero attached hydrogens (tertiary/aromatic N) is 1. The van der Waals surface area contributed by atoms with Crippen LogP contribution >= 0.6 is 11.8 Å². The highest BCUT2D eigenvalue weighted by Gasteiger charge is 2.13. The topological polar surface area (TPSA) is 52.9 Å². The molecular formula is C31H36N2OS. The predicted octanol–water partition coefficient (Wildman–Crippen LogP) is 7.35. The average molecular weight is 485 g/mol. The molecule has 1 N–H and O–H groups in total. The second kappa shape index (κ2) is 15.8. The van der Waals surface area contributed by atoms with Crippen molar-refractivity contribution in [3.63, 3.8) is 0 Å². The predicted molar refractivity (Wildman–Crippen MR) is 146 cm³/mol. The molecule has 1 unspecified atom stereocenters. The zero-order valence-electron chi connectivity index (χ0n) is 20.5. The van der Waals surface area contributed by atoms with E-state index in [1.165, 1.54) is 21.6 Å². The minimum atomic E-state index is 0.0224. The summed E-state index contributed by atoms with van der Waals surface area (Å²) in [4.78, 5) is 13.7. The Hall–Kier alpha value is -3.03. The number of aryl methyl sites for hydroxylation is 1. The molecule has 1 atom stereocenters. The van der Waals surface area contributed by atoms with E-state index < -0.39 is 0 Å². The Kier molecular flexibility index (Phi) is 12.0. The van der Waals surface area contributed by atoms with Crippen LogP contribution in [0.1, 0.15) is 61.6 Å². The van der Waals surface area contributed by atoms with E-state index >= 15 is 0 Å². The van der Waals surface area contributed by atoms with E-state index in [0.717, 1.165) is 44.3 Å². The molecular weight excluding hydrogens is 448 g/mol. The van der Waals surface area contributed by atoms with Crippen molar-refractivity contribution in [3.05, 3.63) is 102 Å². The summed E-state index contributed by atoms with van der Waals surface area (Å²) in [7, 11) is 0. The number of nitriles is 1. The van der Waals surface area contributed by atoms with Crippen LogP contribution in [0.4, 0.5) is 0 Å². The molecule has 1 amide bonds. The summed E-state index contributed by atoms with van der Waals surface area (Å²) >= 11 is 1.74. The zero-order valence-corrected chi connectivity index (χ0v) is 21.3. The van der Waals surface area contributed by atoms with Gasteiger partial charge in [0.1, 0.15) is 0 Å². The zero-order chi connectivity index (χ0) is 24.6. The molecule has 0 aliphatic heterocycles. The number of carbonyl (C=O) groups excluding carboxylic acids is 1. The van der Waals surface area contributed by atoms with Crippen LogP contribution in [0.15, 0.2) is 89.8 Å². The molecule has 0 saturated heterocycles. The largest absolute Gasteiger partial charge is 0.352 e. The van der Waals surface area contributed by atoms with Gasteiger partial charge in [-0.1, -0.05) is 85.6 Å². The molecule has 3 rings (SSSR count). The summed E-state index contributed by atoms with van der Waals surface area (Å²) in [6.45, 7) is 0. The first kappa shape index (κ1) is 26.6. The highest BCUT2D eigenvalue weighted by molar-refractivity contribution is 7.99. The molecule has 0 radical (unpaired) electrons. The number of benzene rings is 3. The van der Waals surface area contributed by atoms with Gasteiger partial charge in [0.15, 0.2) is 0 Å². The van der Waals surface area contributed by atoms with Crippen LogP contribution < -0.4 is 5.32 Å². The van der Waals surface area contributed by atoms with Gasteiger partial charge in [-0.2, -0.15) is 5.26 Å². The summed E-state index contributed by atoms with van der Waals surface area (Å²) in [6.07, 6.45) is 8.06. The summed E-state index contributed by atoms with van der Waals surface area (Å²) in [5.74, 6) is 0.887. The molecule has 3 nitrogen and oxygen atoms in total. The van der Waals surface area contributed by atoms with Crippen molar-refractivity contribution in [2.45, 2.75) is 68.7 Å². The lowest BCUT2D eigenvalue weighted by atomic mass is 10.1. The van der Waals surface area contributed by atoms with E-state index in [9.17, 15) is 4.79 Å². The number of thioether (sulfide) groups is 1. The number of carbonyl (C=O) groups is 1. The Balaban J connectivity index is 1.35. The van der Waals surface area contributed by atoms with Gasteiger partial charge in [-0.25, -0.2) is 0 Å². The molecule has 35 heavy (non-hydrogen) atoms. The molecule has 0 aliphatic carbocycles. The third-order valence-electron chi connectivity index (χ3n) is 6.06. The fraction of sp³-hybridized carbons (Fsp3) is 0.355. The van der Waals surface area contributed by atoms with Crippen molar-refractivity contribution in [2.75, 3.05) is 5.75 Å². The first-order chi connectivity index (χ1) is 17.2. The van der Waals surface area contributed by atoms with Crippen LogP contribution in [-0.2, 0) is 17.6 Å². The number of hydrogen-bond donors (Lipinski definition) is 1. The summed E-state index contributed by atoms with van der Waals surface area (Å²) in [5.41, 5.74) is 3.98. The monoisotopic (exact) mass is 484 g/mol. The van der Waals surface area contributed by atoms with E-state index in [0.29, 0.717) is 19.3 Å². The van der Waals surface area contributed by atoms with Gasteiger partial charge in [0, 0.05) is 29.5 Å². The highest BCUT2D eigenvalue weighted by atomic mass is 32.2. The van der Waals surface area contributed by atoms with Crippen molar-refractivity contribution in [3.8, 4) is 6.07 Å². The number of hydrogen-bond acceptors (Lipinski definition) is 3. The molecule has 0 bridgehead atoms. The van der Waals surface area contributed by atoms with Crippen LogP contribution in [0.25, 0.3) is 0 Å². The van der Waals surface area contributed by atoms with Crippen LogP contribution in [0.2, 0.25) is 0 Å². The Morgan fingerprint density at radius 3 is 2.11 bits per heavy atom. The summed E-state index contributed by atoms with van der Waals surface area (Å²) < 4.78 is 0. The number of unbranched alkanes of at least 4 members (excludes halogenated alkanes) is 3. The molecule has 0 aliphatic rings. The van der Waals surface area contributed by atoms with Crippen molar-refractivity contribution in [1.82, 2.24) is 5.32 Å². The lowest BCUT2D eigenvalue weighted by Gasteiger charge is -2.17. The van der Waals surface area contributed by atoms with Gasteiger partial charge in [0.2, 0.25) is 5.91 Å². The third-order valence-corrected chi connectivity index (χ3v) is 7.23. The standard InChI is InChI=1S/C31H36N2OS/c32-23-11-17-29(33-31(34)18-10-2-1-5-12-26-13-6-3-7-14-26)25-35-30-21-19-28(20-22-30)24-27-15-8-4-9-16-27/h3-4,6-9,13-16,19-22,29H,1-2,5,10-12,17-18,24-25H2,(H,33,34). The minimum Gasteiger partial charge on any atom is -0.352 e. The third kappa shape index (κ3) is 10.8. The minimum absolute atomic E-state index is 0.0224. The normalized spacial score (nSPS) is 11.5. The van der Waals surface area contributed by atoms with Gasteiger partial charge in [0.05, 0.1) is 6.07 Å². The van der Waals surface area contributed by atoms with Crippen molar-refractivity contribution in [1.29, 1.82) is 5.26 Å². The molecule has 4 heteroatoms. The van der Waals surface area contributed by atoms with E-state index in [1.54, 1.807) is 11.8 Å². The fourth-order valence-electron chi connectivity index (χ4n) is 4.08. The van der Waals surface area contributed by atoms with Crippen molar-refractivity contribution < 1.29 is 4.79 Å². The van der Waals surface area contributed by atoms with Crippen molar-refractivity contribution in [2.24, 2.45) is 0 Å². The smallest absolute Gasteiger partial charge is 0.220 e. The summed E-state index contributed by atoms with van der Waals surface area (Å²) in [6, 6.07) is 31.9. The SMILES string of the molecule is N#CCCC(CSc1ccc(Cc2ccccc2)cc1)NC(=O)CCCCCCc1ccccc1. The van der Waals surface area contributed by atoms with E-state index in [1.807, 2.05) is 12.1 Å². The summed E-state index contributed by atoms with van der Waals surface area (Å²) in [5, 5.41) is 12.2. The molecule has 182 valence electrons. The first-order valence-corrected chi connectivity index (χ1v) is 13.7. The van der Waals surface area contributed by atoms with Gasteiger partial charge in [-0.05, 0) is 60.9 Å². The second-order valence-corrected chi connectivity index (χ2v) is 10.1.